The van der Waals surface area contributed by atoms with Crippen molar-refractivity contribution >= 4 is 39.1 Å². The lowest BCUT2D eigenvalue weighted by atomic mass is 10.1. The highest BCUT2D eigenvalue weighted by atomic mass is 35.5. The van der Waals surface area contributed by atoms with Gasteiger partial charge in [0.05, 0.1) is 17.7 Å². The molecule has 0 aliphatic heterocycles. The van der Waals surface area contributed by atoms with E-state index in [1.165, 1.54) is 30.2 Å². The molecule has 10 heteroatoms. The molecular formula is C30H36ClN3O5S. The van der Waals surface area contributed by atoms with Crippen LogP contribution in [0.3, 0.4) is 0 Å². The number of hydrogen-bond acceptors (Lipinski definition) is 5. The lowest BCUT2D eigenvalue weighted by molar-refractivity contribution is -0.139. The molecule has 0 bridgehead atoms. The van der Waals surface area contributed by atoms with Crippen molar-refractivity contribution in [3.63, 3.8) is 0 Å². The zero-order chi connectivity index (χ0) is 29.3. The lowest BCUT2D eigenvalue weighted by Crippen LogP contribution is -2.51. The van der Waals surface area contributed by atoms with E-state index >= 15 is 0 Å². The predicted octanol–water partition coefficient (Wildman–Crippen LogP) is 5.19. The first-order chi connectivity index (χ1) is 19.1. The number of methoxy groups -OCH3 is 1. The van der Waals surface area contributed by atoms with E-state index in [1.54, 1.807) is 31.2 Å². The van der Waals surface area contributed by atoms with E-state index in [9.17, 15) is 18.0 Å². The Morgan fingerprint density at radius 1 is 1.02 bits per heavy atom. The summed E-state index contributed by atoms with van der Waals surface area (Å²) in [5.41, 5.74) is 1.81. The first kappa shape index (κ1) is 31.0. The van der Waals surface area contributed by atoms with Crippen LogP contribution in [0.2, 0.25) is 5.02 Å². The van der Waals surface area contributed by atoms with E-state index in [-0.39, 0.29) is 33.8 Å². The number of nitrogens with zero attached hydrogens (tertiary/aromatic N) is 2. The number of amides is 2. The molecule has 8 nitrogen and oxygen atoms in total. The molecule has 0 spiro atoms. The summed E-state index contributed by atoms with van der Waals surface area (Å²) in [6.45, 7) is 5.54. The number of carbonyl (C=O) groups excluding carboxylic acids is 2. The molecule has 3 aromatic rings. The van der Waals surface area contributed by atoms with Gasteiger partial charge in [0.1, 0.15) is 18.3 Å². The van der Waals surface area contributed by atoms with Crippen LogP contribution >= 0.6 is 11.6 Å². The van der Waals surface area contributed by atoms with Crippen molar-refractivity contribution in [3.8, 4) is 5.75 Å². The second-order valence-electron chi connectivity index (χ2n) is 9.47. The molecule has 1 N–H and O–H groups in total. The number of unbranched alkanes of at least 4 members (excludes halogenated alkanes) is 1. The molecular weight excluding hydrogens is 550 g/mol. The van der Waals surface area contributed by atoms with Crippen molar-refractivity contribution < 1.29 is 22.7 Å². The van der Waals surface area contributed by atoms with Crippen LogP contribution < -0.4 is 14.4 Å². The Labute approximate surface area is 241 Å². The predicted molar refractivity (Wildman–Crippen MR) is 158 cm³/mol. The number of anilines is 1. The molecule has 1 atom stereocenters. The second-order valence-corrected chi connectivity index (χ2v) is 11.8. The van der Waals surface area contributed by atoms with E-state index in [2.05, 4.69) is 5.32 Å². The SMILES string of the molecule is CCCCNC(=O)[C@H](C)N(Cc1ccccc1)C(=O)CN(c1cc(Cl)ccc1OC)S(=O)(=O)c1ccc(C)cc1. The summed E-state index contributed by atoms with van der Waals surface area (Å²) >= 11 is 6.27. The monoisotopic (exact) mass is 585 g/mol. The molecule has 2 amide bonds. The molecule has 0 fully saturated rings. The number of ether oxygens (including phenoxy) is 1. The van der Waals surface area contributed by atoms with Gasteiger partial charge in [0.2, 0.25) is 11.8 Å². The summed E-state index contributed by atoms with van der Waals surface area (Å²) in [6, 6.07) is 19.3. The highest BCUT2D eigenvalue weighted by Crippen LogP contribution is 2.35. The van der Waals surface area contributed by atoms with Gasteiger partial charge in [0, 0.05) is 18.1 Å². The molecule has 0 aromatic heterocycles. The smallest absolute Gasteiger partial charge is 0.264 e. The molecule has 0 saturated carbocycles. The van der Waals surface area contributed by atoms with Gasteiger partial charge >= 0.3 is 0 Å². The van der Waals surface area contributed by atoms with Crippen molar-refractivity contribution in [2.45, 2.75) is 51.1 Å². The van der Waals surface area contributed by atoms with Crippen molar-refractivity contribution in [2.75, 3.05) is 24.5 Å². The molecule has 0 saturated heterocycles. The maximum atomic E-state index is 14.0. The summed E-state index contributed by atoms with van der Waals surface area (Å²) in [5.74, 6) is -0.640. The van der Waals surface area contributed by atoms with Gasteiger partial charge in [-0.15, -0.1) is 0 Å². The fourth-order valence-corrected chi connectivity index (χ4v) is 5.69. The maximum absolute atomic E-state index is 14.0. The average Bonchev–Trinajstić information content (AvgIpc) is 2.95. The maximum Gasteiger partial charge on any atom is 0.264 e. The number of aryl methyl sites for hydroxylation is 1. The third-order valence-corrected chi connectivity index (χ3v) is 8.50. The quantitative estimate of drug-likeness (QED) is 0.279. The lowest BCUT2D eigenvalue weighted by Gasteiger charge is -2.32. The standard InChI is InChI=1S/C30H36ClN3O5S/c1-5-6-18-32-30(36)23(3)33(20-24-10-8-7-9-11-24)29(35)21-34(27-19-25(31)14-17-28(27)39-4)40(37,38)26-15-12-22(2)13-16-26/h7-17,19,23H,5-6,18,20-21H2,1-4H3,(H,32,36)/t23-/m0/s1. The number of carbonyl (C=O) groups is 2. The van der Waals surface area contributed by atoms with Gasteiger partial charge in [0.25, 0.3) is 10.0 Å². The molecule has 0 heterocycles. The first-order valence-corrected chi connectivity index (χ1v) is 14.9. The van der Waals surface area contributed by atoms with Crippen LogP contribution in [0, 0.1) is 6.92 Å². The van der Waals surface area contributed by atoms with Gasteiger partial charge in [-0.2, -0.15) is 0 Å². The minimum absolute atomic E-state index is 0.00731. The van der Waals surface area contributed by atoms with Crippen LogP contribution in [-0.4, -0.2) is 51.4 Å². The fraction of sp³-hybridized carbons (Fsp3) is 0.333. The van der Waals surface area contributed by atoms with Crippen LogP contribution in [0.25, 0.3) is 0 Å². The summed E-state index contributed by atoms with van der Waals surface area (Å²) in [4.78, 5) is 28.4. The Hall–Kier alpha value is -3.56. The van der Waals surface area contributed by atoms with Crippen LogP contribution in [0.1, 0.15) is 37.8 Å². The van der Waals surface area contributed by atoms with Crippen molar-refractivity contribution in [2.24, 2.45) is 0 Å². The molecule has 40 heavy (non-hydrogen) atoms. The van der Waals surface area contributed by atoms with Gasteiger partial charge in [0.15, 0.2) is 0 Å². The van der Waals surface area contributed by atoms with Crippen molar-refractivity contribution in [3.05, 3.63) is 88.9 Å². The molecule has 3 rings (SSSR count). The summed E-state index contributed by atoms with van der Waals surface area (Å²) in [6.07, 6.45) is 1.72. The van der Waals surface area contributed by atoms with Gasteiger partial charge in [-0.05, 0) is 56.2 Å². The minimum Gasteiger partial charge on any atom is -0.495 e. The number of benzene rings is 3. The number of halogens is 1. The van der Waals surface area contributed by atoms with Crippen LogP contribution in [-0.2, 0) is 26.2 Å². The molecule has 0 aliphatic rings. The highest BCUT2D eigenvalue weighted by Gasteiger charge is 2.34. The van der Waals surface area contributed by atoms with Crippen LogP contribution in [0.5, 0.6) is 5.75 Å². The van der Waals surface area contributed by atoms with Crippen LogP contribution in [0.4, 0.5) is 5.69 Å². The number of nitrogens with one attached hydrogen (secondary N) is 1. The zero-order valence-electron chi connectivity index (χ0n) is 23.3. The minimum atomic E-state index is -4.24. The van der Waals surface area contributed by atoms with Gasteiger partial charge in [-0.1, -0.05) is 73.0 Å². The van der Waals surface area contributed by atoms with Crippen LogP contribution in [0.15, 0.2) is 77.7 Å². The topological polar surface area (TPSA) is 96.0 Å². The van der Waals surface area contributed by atoms with Crippen molar-refractivity contribution in [1.29, 1.82) is 0 Å². The normalized spacial score (nSPS) is 11.9. The Kier molecular flexibility index (Phi) is 11.0. The molecule has 214 valence electrons. The molecule has 0 aliphatic carbocycles. The average molecular weight is 586 g/mol. The Balaban J connectivity index is 2.06. The molecule has 3 aromatic carbocycles. The Bertz CT molecular complexity index is 1400. The fourth-order valence-electron chi connectivity index (χ4n) is 4.11. The zero-order valence-corrected chi connectivity index (χ0v) is 24.8. The summed E-state index contributed by atoms with van der Waals surface area (Å²) in [5, 5.41) is 3.15. The molecule has 0 unspecified atom stereocenters. The summed E-state index contributed by atoms with van der Waals surface area (Å²) < 4.78 is 34.4. The van der Waals surface area contributed by atoms with E-state index < -0.39 is 28.5 Å². The third-order valence-electron chi connectivity index (χ3n) is 6.49. The van der Waals surface area contributed by atoms with E-state index in [0.29, 0.717) is 6.54 Å². The Morgan fingerprint density at radius 2 is 1.70 bits per heavy atom. The highest BCUT2D eigenvalue weighted by molar-refractivity contribution is 7.92. The van der Waals surface area contributed by atoms with Gasteiger partial charge in [-0.3, -0.25) is 13.9 Å². The van der Waals surface area contributed by atoms with Gasteiger partial charge < -0.3 is 15.0 Å². The number of hydrogen-bond donors (Lipinski definition) is 1. The van der Waals surface area contributed by atoms with Crippen molar-refractivity contribution in [1.82, 2.24) is 10.2 Å². The number of sulfonamides is 1. The first-order valence-electron chi connectivity index (χ1n) is 13.1. The largest absolute Gasteiger partial charge is 0.495 e. The molecule has 0 radical (unpaired) electrons. The Morgan fingerprint density at radius 3 is 2.33 bits per heavy atom. The van der Waals surface area contributed by atoms with E-state index in [4.69, 9.17) is 16.3 Å². The second kappa shape index (κ2) is 14.2. The third kappa shape index (κ3) is 7.76. The van der Waals surface area contributed by atoms with Gasteiger partial charge in [-0.25, -0.2) is 8.42 Å². The number of rotatable bonds is 13. The summed E-state index contributed by atoms with van der Waals surface area (Å²) in [7, 11) is -2.83. The van der Waals surface area contributed by atoms with E-state index in [1.807, 2.05) is 44.2 Å². The van der Waals surface area contributed by atoms with E-state index in [0.717, 1.165) is 28.3 Å².